The highest BCUT2D eigenvalue weighted by Gasteiger charge is 2.31. The van der Waals surface area contributed by atoms with Crippen LogP contribution in [0.1, 0.15) is 105 Å². The summed E-state index contributed by atoms with van der Waals surface area (Å²) in [6.45, 7) is 13.2. The molecule has 0 radical (unpaired) electrons. The maximum atomic E-state index is 14.1. The van der Waals surface area contributed by atoms with Crippen molar-refractivity contribution in [1.29, 1.82) is 0 Å². The Hall–Kier alpha value is -2.16. The molecule has 3 heteroatoms. The fourth-order valence-electron chi connectivity index (χ4n) is 4.54. The monoisotopic (exact) mass is 425 g/mol. The van der Waals surface area contributed by atoms with Crippen LogP contribution in [0.25, 0.3) is 5.57 Å². The molecule has 1 heterocycles. The molecule has 0 spiro atoms. The van der Waals surface area contributed by atoms with E-state index in [-0.39, 0.29) is 11.7 Å². The third kappa shape index (κ3) is 5.75. The summed E-state index contributed by atoms with van der Waals surface area (Å²) in [5.41, 5.74) is 8.39. The number of hydrogen-bond donors (Lipinski definition) is 1. The number of carbonyl (C=O) groups excluding carboxylic acids is 1. The topological polar surface area (TPSA) is 29.1 Å². The summed E-state index contributed by atoms with van der Waals surface area (Å²) in [7, 11) is 0. The third-order valence-corrected chi connectivity index (χ3v) is 6.31. The number of anilines is 1. The number of allylic oxidation sites excluding steroid dienone is 5. The molecule has 3 rings (SSSR count). The van der Waals surface area contributed by atoms with Crippen LogP contribution in [-0.2, 0) is 4.79 Å². The van der Waals surface area contributed by atoms with Gasteiger partial charge in [-0.25, -0.2) is 4.39 Å². The summed E-state index contributed by atoms with van der Waals surface area (Å²) in [4.78, 5) is 12.7. The molecule has 0 aromatic heterocycles. The maximum Gasteiger partial charge on any atom is 0.256 e. The third-order valence-electron chi connectivity index (χ3n) is 6.31. The second-order valence-electron chi connectivity index (χ2n) is 8.69. The van der Waals surface area contributed by atoms with Crippen LogP contribution in [0.15, 0.2) is 46.1 Å². The van der Waals surface area contributed by atoms with Crippen molar-refractivity contribution in [3.8, 4) is 0 Å². The van der Waals surface area contributed by atoms with E-state index in [9.17, 15) is 9.18 Å². The van der Waals surface area contributed by atoms with Crippen LogP contribution in [-0.4, -0.2) is 5.91 Å². The SMILES string of the molecule is CCC/C(C)=C(/CCC)C1=C(C)/C(=C2\C(=O)Nc3c(F)cccc32)CCC1.CCCC. The minimum atomic E-state index is -0.362. The molecular weight excluding hydrogens is 385 g/mol. The number of carbonyl (C=O) groups is 1. The van der Waals surface area contributed by atoms with Crippen molar-refractivity contribution in [1.82, 2.24) is 0 Å². The Balaban J connectivity index is 0.000000785. The molecule has 1 amide bonds. The molecular formula is C28H40FNO. The van der Waals surface area contributed by atoms with Gasteiger partial charge in [0.05, 0.1) is 11.3 Å². The molecule has 0 unspecified atom stereocenters. The van der Waals surface area contributed by atoms with Crippen molar-refractivity contribution in [2.45, 2.75) is 99.3 Å². The maximum absolute atomic E-state index is 14.1. The van der Waals surface area contributed by atoms with Gasteiger partial charge >= 0.3 is 0 Å². The first-order valence-corrected chi connectivity index (χ1v) is 12.1. The molecule has 1 aromatic carbocycles. The van der Waals surface area contributed by atoms with Gasteiger partial charge in [0.2, 0.25) is 0 Å². The normalized spacial score (nSPS) is 18.9. The van der Waals surface area contributed by atoms with E-state index >= 15 is 0 Å². The molecule has 2 aliphatic rings. The van der Waals surface area contributed by atoms with Gasteiger partial charge in [-0.15, -0.1) is 0 Å². The Kier molecular flexibility index (Phi) is 9.74. The van der Waals surface area contributed by atoms with E-state index in [4.69, 9.17) is 0 Å². The number of benzene rings is 1. The van der Waals surface area contributed by atoms with Gasteiger partial charge in [0.1, 0.15) is 5.82 Å². The molecule has 1 aliphatic heterocycles. The van der Waals surface area contributed by atoms with Gasteiger partial charge in [-0.3, -0.25) is 4.79 Å². The van der Waals surface area contributed by atoms with Gasteiger partial charge in [0, 0.05) is 5.56 Å². The first-order chi connectivity index (χ1) is 14.9. The molecule has 0 bridgehead atoms. The molecule has 31 heavy (non-hydrogen) atoms. The van der Waals surface area contributed by atoms with E-state index in [0.717, 1.165) is 50.5 Å². The van der Waals surface area contributed by atoms with Crippen LogP contribution in [0, 0.1) is 5.82 Å². The van der Waals surface area contributed by atoms with Gasteiger partial charge in [-0.2, -0.15) is 0 Å². The van der Waals surface area contributed by atoms with Crippen LogP contribution >= 0.6 is 0 Å². The molecule has 1 aliphatic carbocycles. The van der Waals surface area contributed by atoms with Crippen molar-refractivity contribution in [2.24, 2.45) is 0 Å². The number of amides is 1. The van der Waals surface area contributed by atoms with Crippen molar-refractivity contribution in [3.05, 3.63) is 57.4 Å². The standard InChI is InChI=1S/C24H30FNO.C4H10/c1-5-9-15(3)17(10-6-2)18-11-7-12-19(16(18)4)22-20-13-8-14-21(25)23(20)26-24(22)27;1-3-4-2/h8,13-14H,5-7,9-12H2,1-4H3,(H,26,27);3-4H2,1-2H3/b17-15-,22-19-;. The van der Waals surface area contributed by atoms with Gasteiger partial charge in [0.15, 0.2) is 0 Å². The van der Waals surface area contributed by atoms with E-state index in [1.165, 1.54) is 41.2 Å². The lowest BCUT2D eigenvalue weighted by Gasteiger charge is -2.26. The molecule has 0 saturated carbocycles. The fraction of sp³-hybridized carbons (Fsp3) is 0.536. The van der Waals surface area contributed by atoms with E-state index in [2.05, 4.69) is 46.9 Å². The zero-order valence-electron chi connectivity index (χ0n) is 20.4. The average Bonchev–Trinajstić information content (AvgIpc) is 3.10. The lowest BCUT2D eigenvalue weighted by atomic mass is 9.79. The number of fused-ring (bicyclic) bond motifs is 1. The zero-order chi connectivity index (χ0) is 23.0. The van der Waals surface area contributed by atoms with Crippen LogP contribution in [0.3, 0.4) is 0 Å². The van der Waals surface area contributed by atoms with Crippen LogP contribution < -0.4 is 5.32 Å². The largest absolute Gasteiger partial charge is 0.319 e. The smallest absolute Gasteiger partial charge is 0.256 e. The minimum Gasteiger partial charge on any atom is -0.319 e. The predicted molar refractivity (Wildman–Crippen MR) is 132 cm³/mol. The minimum absolute atomic E-state index is 0.169. The Morgan fingerprint density at radius 2 is 1.68 bits per heavy atom. The van der Waals surface area contributed by atoms with E-state index in [1.807, 2.05) is 6.07 Å². The molecule has 2 nitrogen and oxygen atoms in total. The second kappa shape index (κ2) is 12.0. The molecule has 170 valence electrons. The number of rotatable bonds is 6. The van der Waals surface area contributed by atoms with Crippen molar-refractivity contribution in [2.75, 3.05) is 5.32 Å². The Labute approximate surface area is 188 Å². The first kappa shape index (κ1) is 25.1. The summed E-state index contributed by atoms with van der Waals surface area (Å²) in [6, 6.07) is 4.94. The molecule has 0 fully saturated rings. The van der Waals surface area contributed by atoms with Gasteiger partial charge in [0.25, 0.3) is 5.91 Å². The van der Waals surface area contributed by atoms with E-state index in [0.29, 0.717) is 16.8 Å². The first-order valence-electron chi connectivity index (χ1n) is 12.1. The summed E-state index contributed by atoms with van der Waals surface area (Å²) < 4.78 is 14.1. The van der Waals surface area contributed by atoms with Crippen LogP contribution in [0.2, 0.25) is 0 Å². The fourth-order valence-corrected chi connectivity index (χ4v) is 4.54. The highest BCUT2D eigenvalue weighted by molar-refractivity contribution is 6.32. The second-order valence-corrected chi connectivity index (χ2v) is 8.69. The number of unbranched alkanes of at least 4 members (excludes halogenated alkanes) is 1. The molecule has 0 atom stereocenters. The van der Waals surface area contributed by atoms with Crippen molar-refractivity contribution < 1.29 is 9.18 Å². The number of para-hydroxylation sites is 1. The Morgan fingerprint density at radius 1 is 1.00 bits per heavy atom. The molecule has 1 aromatic rings. The van der Waals surface area contributed by atoms with Gasteiger partial charge in [-0.05, 0) is 74.3 Å². The summed E-state index contributed by atoms with van der Waals surface area (Å²) in [5.74, 6) is -0.531. The number of nitrogens with one attached hydrogen (secondary N) is 1. The lowest BCUT2D eigenvalue weighted by Crippen LogP contribution is -2.11. The zero-order valence-corrected chi connectivity index (χ0v) is 20.4. The van der Waals surface area contributed by atoms with Crippen molar-refractivity contribution in [3.63, 3.8) is 0 Å². The summed E-state index contributed by atoms with van der Waals surface area (Å²) in [5, 5.41) is 2.74. The summed E-state index contributed by atoms with van der Waals surface area (Å²) >= 11 is 0. The number of halogens is 1. The average molecular weight is 426 g/mol. The molecule has 0 saturated heterocycles. The number of hydrogen-bond acceptors (Lipinski definition) is 1. The highest BCUT2D eigenvalue weighted by atomic mass is 19.1. The van der Waals surface area contributed by atoms with E-state index < -0.39 is 0 Å². The highest BCUT2D eigenvalue weighted by Crippen LogP contribution is 2.43. The van der Waals surface area contributed by atoms with Crippen LogP contribution in [0.4, 0.5) is 10.1 Å². The molecule has 1 N–H and O–H groups in total. The Morgan fingerprint density at radius 3 is 2.29 bits per heavy atom. The quantitative estimate of drug-likeness (QED) is 0.453. The van der Waals surface area contributed by atoms with Crippen LogP contribution in [0.5, 0.6) is 0 Å². The van der Waals surface area contributed by atoms with E-state index in [1.54, 1.807) is 6.07 Å². The lowest BCUT2D eigenvalue weighted by molar-refractivity contribution is -0.110. The van der Waals surface area contributed by atoms with Gasteiger partial charge in [-0.1, -0.05) is 71.1 Å². The Bertz CT molecular complexity index is 886. The van der Waals surface area contributed by atoms with Gasteiger partial charge < -0.3 is 5.32 Å². The summed E-state index contributed by atoms with van der Waals surface area (Å²) in [6.07, 6.45) is 10.1. The predicted octanol–water partition coefficient (Wildman–Crippen LogP) is 8.75. The van der Waals surface area contributed by atoms with Crippen molar-refractivity contribution >= 4 is 17.2 Å².